The van der Waals surface area contributed by atoms with E-state index in [9.17, 15) is 0 Å². The van der Waals surface area contributed by atoms with E-state index >= 15 is 0 Å². The molecule has 0 spiro atoms. The van der Waals surface area contributed by atoms with E-state index in [4.69, 9.17) is 11.6 Å². The van der Waals surface area contributed by atoms with Crippen LogP contribution in [0.5, 0.6) is 0 Å². The Morgan fingerprint density at radius 2 is 2.28 bits per heavy atom. The number of nitrogens with zero attached hydrogens (tertiary/aromatic N) is 4. The third-order valence-corrected chi connectivity index (χ3v) is 3.89. The summed E-state index contributed by atoms with van der Waals surface area (Å²) in [7, 11) is 1.80. The molecule has 0 amide bonds. The lowest BCUT2D eigenvalue weighted by molar-refractivity contribution is 0.664. The zero-order valence-electron chi connectivity index (χ0n) is 10.2. The minimum atomic E-state index is 0.719. The van der Waals surface area contributed by atoms with Gasteiger partial charge in [0.1, 0.15) is 0 Å². The highest BCUT2D eigenvalue weighted by atomic mass is 35.5. The van der Waals surface area contributed by atoms with Crippen LogP contribution in [0.25, 0.3) is 0 Å². The van der Waals surface area contributed by atoms with Crippen LogP contribution in [0, 0.1) is 0 Å². The lowest BCUT2D eigenvalue weighted by Crippen LogP contribution is -2.11. The van der Waals surface area contributed by atoms with Gasteiger partial charge in [0.05, 0.1) is 5.02 Å². The summed E-state index contributed by atoms with van der Waals surface area (Å²) in [6.45, 7) is 3.85. The molecule has 1 aromatic carbocycles. The number of tetrazole rings is 1. The Morgan fingerprint density at radius 1 is 1.44 bits per heavy atom. The van der Waals surface area contributed by atoms with Gasteiger partial charge in [0, 0.05) is 18.5 Å². The molecule has 0 fully saturated rings. The van der Waals surface area contributed by atoms with Crippen molar-refractivity contribution in [2.24, 2.45) is 7.05 Å². The Morgan fingerprint density at radius 3 is 2.89 bits per heavy atom. The number of halogens is 1. The number of hydrogen-bond acceptors (Lipinski definition) is 5. The van der Waals surface area contributed by atoms with Crippen LogP contribution in [0.3, 0.4) is 0 Å². The summed E-state index contributed by atoms with van der Waals surface area (Å²) >= 11 is 7.71. The summed E-state index contributed by atoms with van der Waals surface area (Å²) in [4.78, 5) is 0.954. The number of benzene rings is 1. The molecule has 5 nitrogen and oxygen atoms in total. The second-order valence-electron chi connectivity index (χ2n) is 3.73. The van der Waals surface area contributed by atoms with Crippen LogP contribution in [0.4, 0.5) is 0 Å². The number of rotatable bonds is 5. The monoisotopic (exact) mass is 283 g/mol. The minimum absolute atomic E-state index is 0.719. The van der Waals surface area contributed by atoms with E-state index in [0.29, 0.717) is 0 Å². The van der Waals surface area contributed by atoms with Crippen LogP contribution in [0.2, 0.25) is 5.02 Å². The summed E-state index contributed by atoms with van der Waals surface area (Å²) in [6.07, 6.45) is 0. The Bertz CT molecular complexity index is 528. The molecule has 0 saturated carbocycles. The first kappa shape index (κ1) is 13.3. The summed E-state index contributed by atoms with van der Waals surface area (Å²) in [6, 6.07) is 6.02. The molecule has 0 aliphatic rings. The first-order valence-corrected chi connectivity index (χ1v) is 6.79. The van der Waals surface area contributed by atoms with E-state index in [-0.39, 0.29) is 0 Å². The van der Waals surface area contributed by atoms with Crippen molar-refractivity contribution in [3.63, 3.8) is 0 Å². The zero-order valence-corrected chi connectivity index (χ0v) is 11.8. The molecule has 0 saturated heterocycles. The topological polar surface area (TPSA) is 55.6 Å². The first-order chi connectivity index (χ1) is 8.70. The van der Waals surface area contributed by atoms with Gasteiger partial charge in [-0.25, -0.2) is 4.68 Å². The molecule has 0 unspecified atom stereocenters. The van der Waals surface area contributed by atoms with Crippen LogP contribution < -0.4 is 5.32 Å². The van der Waals surface area contributed by atoms with E-state index < -0.39 is 0 Å². The maximum absolute atomic E-state index is 6.25. The molecular weight excluding hydrogens is 270 g/mol. The van der Waals surface area contributed by atoms with E-state index in [0.717, 1.165) is 28.2 Å². The molecule has 1 heterocycles. The van der Waals surface area contributed by atoms with Crippen molar-refractivity contribution in [3.05, 3.63) is 28.8 Å². The van der Waals surface area contributed by atoms with Gasteiger partial charge >= 0.3 is 0 Å². The largest absolute Gasteiger partial charge is 0.313 e. The number of aryl methyl sites for hydroxylation is 1. The predicted octanol–water partition coefficient (Wildman–Crippen LogP) is 2.12. The third kappa shape index (κ3) is 3.22. The zero-order chi connectivity index (χ0) is 13.0. The molecule has 0 radical (unpaired) electrons. The smallest absolute Gasteiger partial charge is 0.213 e. The molecule has 0 aliphatic heterocycles. The molecule has 2 aromatic rings. The molecule has 2 rings (SSSR count). The second kappa shape index (κ2) is 6.17. The maximum atomic E-state index is 6.25. The Hall–Kier alpha value is -1.11. The van der Waals surface area contributed by atoms with Crippen molar-refractivity contribution in [1.29, 1.82) is 0 Å². The van der Waals surface area contributed by atoms with Gasteiger partial charge < -0.3 is 5.32 Å². The van der Waals surface area contributed by atoms with Gasteiger partial charge in [-0.05, 0) is 46.4 Å². The summed E-state index contributed by atoms with van der Waals surface area (Å²) < 4.78 is 1.62. The average Bonchev–Trinajstić information content (AvgIpc) is 2.75. The minimum Gasteiger partial charge on any atom is -0.313 e. The van der Waals surface area contributed by atoms with Crippen molar-refractivity contribution in [2.45, 2.75) is 23.5 Å². The van der Waals surface area contributed by atoms with Crippen molar-refractivity contribution in [3.8, 4) is 0 Å². The van der Waals surface area contributed by atoms with E-state index in [1.807, 2.05) is 12.1 Å². The molecule has 0 bridgehead atoms. The molecule has 18 heavy (non-hydrogen) atoms. The normalized spacial score (nSPS) is 10.8. The van der Waals surface area contributed by atoms with Crippen molar-refractivity contribution >= 4 is 23.4 Å². The van der Waals surface area contributed by atoms with E-state index in [2.05, 4.69) is 33.8 Å². The van der Waals surface area contributed by atoms with Gasteiger partial charge in [-0.15, -0.1) is 5.10 Å². The van der Waals surface area contributed by atoms with Crippen LogP contribution >= 0.6 is 23.4 Å². The maximum Gasteiger partial charge on any atom is 0.213 e. The van der Waals surface area contributed by atoms with Crippen LogP contribution in [-0.4, -0.2) is 26.8 Å². The number of nitrogens with one attached hydrogen (secondary N) is 1. The van der Waals surface area contributed by atoms with Crippen LogP contribution in [-0.2, 0) is 13.6 Å². The Kier molecular flexibility index (Phi) is 4.57. The molecule has 1 aromatic heterocycles. The van der Waals surface area contributed by atoms with Gasteiger partial charge in [-0.2, -0.15) is 0 Å². The molecule has 96 valence electrons. The van der Waals surface area contributed by atoms with Gasteiger partial charge in [-0.3, -0.25) is 0 Å². The first-order valence-electron chi connectivity index (χ1n) is 5.60. The third-order valence-electron chi connectivity index (χ3n) is 2.36. The molecule has 0 atom stereocenters. The molecule has 0 aliphatic carbocycles. The van der Waals surface area contributed by atoms with Gasteiger partial charge in [-0.1, -0.05) is 24.6 Å². The van der Waals surface area contributed by atoms with Crippen LogP contribution in [0.1, 0.15) is 12.5 Å². The van der Waals surface area contributed by atoms with E-state index in [1.165, 1.54) is 17.3 Å². The van der Waals surface area contributed by atoms with E-state index in [1.54, 1.807) is 11.7 Å². The highest BCUT2D eigenvalue weighted by Crippen LogP contribution is 2.32. The Balaban J connectivity index is 2.12. The summed E-state index contributed by atoms with van der Waals surface area (Å²) in [5.74, 6) is 0. The van der Waals surface area contributed by atoms with Gasteiger partial charge in [0.15, 0.2) is 0 Å². The SMILES string of the molecule is CCNCc1ccc(Sc2nnnn2C)c(Cl)c1. The quantitative estimate of drug-likeness (QED) is 0.911. The highest BCUT2D eigenvalue weighted by Gasteiger charge is 2.08. The average molecular weight is 284 g/mol. The fourth-order valence-corrected chi connectivity index (χ4v) is 2.47. The second-order valence-corrected chi connectivity index (χ2v) is 5.15. The van der Waals surface area contributed by atoms with Crippen molar-refractivity contribution in [1.82, 2.24) is 25.5 Å². The van der Waals surface area contributed by atoms with Gasteiger partial charge in [0.25, 0.3) is 0 Å². The lowest BCUT2D eigenvalue weighted by atomic mass is 10.2. The lowest BCUT2D eigenvalue weighted by Gasteiger charge is -2.06. The van der Waals surface area contributed by atoms with Crippen molar-refractivity contribution in [2.75, 3.05) is 6.54 Å². The fourth-order valence-electron chi connectivity index (χ4n) is 1.41. The summed E-state index contributed by atoms with van der Waals surface area (Å²) in [5.41, 5.74) is 1.17. The molecule has 1 N–H and O–H groups in total. The Labute approximate surface area is 115 Å². The molecular formula is C11H14ClN5S. The molecule has 7 heteroatoms. The van der Waals surface area contributed by atoms with Crippen molar-refractivity contribution < 1.29 is 0 Å². The highest BCUT2D eigenvalue weighted by molar-refractivity contribution is 7.99. The fraction of sp³-hybridized carbons (Fsp3) is 0.364. The van der Waals surface area contributed by atoms with Crippen LogP contribution in [0.15, 0.2) is 28.3 Å². The number of aromatic nitrogens is 4. The number of hydrogen-bond donors (Lipinski definition) is 1. The predicted molar refractivity (Wildman–Crippen MR) is 71.8 cm³/mol. The summed E-state index contributed by atoms with van der Waals surface area (Å²) in [5, 5.41) is 16.0. The van der Waals surface area contributed by atoms with Gasteiger partial charge in [0.2, 0.25) is 5.16 Å². The standard InChI is InChI=1S/C11H14ClN5S/c1-3-13-7-8-4-5-10(9(12)6-8)18-11-14-15-16-17(11)2/h4-6,13H,3,7H2,1-2H3.